The number of aromatic nitrogens is 3. The molecule has 0 unspecified atom stereocenters. The number of hydrogen-bond acceptors (Lipinski definition) is 16. The Hall–Kier alpha value is -9.65. The van der Waals surface area contributed by atoms with Crippen LogP contribution >= 0.6 is 0 Å². The Morgan fingerprint density at radius 3 is 1.93 bits per heavy atom. The van der Waals surface area contributed by atoms with Crippen LogP contribution in [-0.4, -0.2) is 193 Å². The van der Waals surface area contributed by atoms with E-state index in [1.54, 1.807) is 44.3 Å². The first kappa shape index (κ1) is 70.4. The molecule has 0 radical (unpaired) electrons. The lowest BCUT2D eigenvalue weighted by Gasteiger charge is -2.31. The lowest BCUT2D eigenvalue weighted by molar-refractivity contribution is -0.144. The molecule has 10 amide bonds. The molecule has 2 aromatic carbocycles. The zero-order valence-electron chi connectivity index (χ0n) is 51.1. The van der Waals surface area contributed by atoms with Gasteiger partial charge in [-0.3, -0.25) is 58.1 Å². The summed E-state index contributed by atoms with van der Waals surface area (Å²) in [4.78, 5) is 163. The number of benzene rings is 2. The number of carbonyl (C=O) groups is 11. The molecule has 31 heteroatoms. The summed E-state index contributed by atoms with van der Waals surface area (Å²) in [5, 5.41) is 64.9. The zero-order valence-corrected chi connectivity index (χ0v) is 51.1. The number of aromatic hydroxyl groups is 1. The second-order valence-corrected chi connectivity index (χ2v) is 23.1. The van der Waals surface area contributed by atoms with Crippen molar-refractivity contribution in [1.82, 2.24) is 73.0 Å². The van der Waals surface area contributed by atoms with Gasteiger partial charge in [-0.15, -0.1) is 0 Å². The molecule has 0 saturated carbocycles. The number of nitrogens with zero attached hydrogens (tertiary/aromatic N) is 2. The molecule has 2 aromatic heterocycles. The molecule has 6 rings (SSSR count). The molecule has 2 aliphatic rings. The maximum atomic E-state index is 14.7. The third kappa shape index (κ3) is 21.3. The first-order valence-electron chi connectivity index (χ1n) is 30.4. The molecule has 10 atom stereocenters. The number of carbonyl (C=O) groups excluding carboxylic acids is 10. The van der Waals surface area contributed by atoms with E-state index in [-0.39, 0.29) is 114 Å². The number of amides is 10. The van der Waals surface area contributed by atoms with Crippen molar-refractivity contribution >= 4 is 81.9 Å². The van der Waals surface area contributed by atoms with E-state index in [9.17, 15) is 68.1 Å². The van der Waals surface area contributed by atoms with E-state index in [0.717, 1.165) is 0 Å². The highest BCUT2D eigenvalue weighted by atomic mass is 16.4. The van der Waals surface area contributed by atoms with Crippen LogP contribution in [0.2, 0.25) is 0 Å². The molecule has 20 N–H and O–H groups in total. The highest BCUT2D eigenvalue weighted by Crippen LogP contribution is 2.22. The van der Waals surface area contributed by atoms with Gasteiger partial charge < -0.3 is 94.8 Å². The number of aromatic amines is 2. The Morgan fingerprint density at radius 1 is 0.703 bits per heavy atom. The molecule has 31 nitrogen and oxygen atoms in total. The molecule has 2 aliphatic heterocycles. The largest absolute Gasteiger partial charge is 0.508 e. The highest BCUT2D eigenvalue weighted by molar-refractivity contribution is 6.00. The molecular weight excluding hydrogens is 1180 g/mol. The maximum Gasteiger partial charge on any atom is 0.325 e. The van der Waals surface area contributed by atoms with Crippen LogP contribution in [0.5, 0.6) is 5.75 Å². The number of nitrogens with one attached hydrogen (secondary N) is 13. The van der Waals surface area contributed by atoms with Gasteiger partial charge in [-0.1, -0.05) is 44.2 Å². The highest BCUT2D eigenvalue weighted by Gasteiger charge is 2.40. The summed E-state index contributed by atoms with van der Waals surface area (Å²) in [6.45, 7) is 4.28. The number of likely N-dealkylation sites (tertiary alicyclic amines) is 1. The van der Waals surface area contributed by atoms with Crippen molar-refractivity contribution in [1.29, 1.82) is 5.41 Å². The first-order chi connectivity index (χ1) is 43.4. The topological polar surface area (TPSA) is 492 Å². The number of imidazole rings is 1. The zero-order chi connectivity index (χ0) is 66.3. The molecule has 2 saturated heterocycles. The number of fused-ring (bicyclic) bond motifs is 1. The fraction of sp³-hybridized carbons (Fsp3) is 0.517. The third-order valence-electron chi connectivity index (χ3n) is 15.6. The standard InChI is InChI=1S/C60H85N17O14/c1-32(2)24-43(52(83)71-42(13-8-22-65-60(62)63)58(89)77-23-9-14-48(77)57(88)68-33(3)59(90)91)72-50(81)40(12-6-7-21-61)70-53(84)44(25-34-15-17-37(79)18-16-34)73-56(87)47(30-78)76-54(85)45(26-35-28-66-39-11-5-4-10-38(35)39)74-55(86)46(27-36-29-64-31-67-36)75-51(82)41-19-20-49(80)69-41/h4-5,10-11,15-18,28-29,31-33,40-48,66,78-79H,6-9,12-14,19-27,30,61H2,1-3H3,(H,64,67)(H,68,88)(H,69,80)(H,70,84)(H,71,83)(H,72,81)(H,73,87)(H,74,86)(H,75,82)(H,76,85)(H,90,91)(H4,62,63,65)/t33-,40-,41+,42+,43+,44+,45+,46-,47-,48+/m1/s1. The van der Waals surface area contributed by atoms with Crippen molar-refractivity contribution < 1.29 is 68.1 Å². The van der Waals surface area contributed by atoms with Crippen molar-refractivity contribution in [3.63, 3.8) is 0 Å². The SMILES string of the molecule is CC(C)C[C@H](NC(=O)[C@@H](CCCCN)NC(=O)[C@H](Cc1ccc(O)cc1)NC(=O)[C@@H](CO)NC(=O)[C@H](Cc1c[nH]c2ccccc12)NC(=O)[C@@H](Cc1c[nH]cn1)NC(=O)[C@@H]1CCC(=O)N1)C(=O)N[C@@H](CCCNC(=N)N)C(=O)N1CCC[C@H]1C(=O)N[C@H](C)C(=O)O. The third-order valence-corrected chi connectivity index (χ3v) is 15.6. The number of aliphatic hydroxyl groups excluding tert-OH is 1. The summed E-state index contributed by atoms with van der Waals surface area (Å²) < 4.78 is 0. The van der Waals surface area contributed by atoms with Crippen molar-refractivity contribution in [3.05, 3.63) is 84.1 Å². The predicted molar refractivity (Wildman–Crippen MR) is 329 cm³/mol. The molecule has 0 spiro atoms. The van der Waals surface area contributed by atoms with Gasteiger partial charge in [0.05, 0.1) is 18.6 Å². The molecule has 4 aromatic rings. The normalized spacial score (nSPS) is 17.2. The van der Waals surface area contributed by atoms with Gasteiger partial charge in [0.2, 0.25) is 59.1 Å². The minimum absolute atomic E-state index is 0.0168. The number of hydrogen-bond donors (Lipinski definition) is 18. The molecule has 494 valence electrons. The number of guanidine groups is 1. The number of carboxylic acids is 1. The number of phenols is 1. The van der Waals surface area contributed by atoms with Crippen LogP contribution in [0.4, 0.5) is 0 Å². The van der Waals surface area contributed by atoms with Gasteiger partial charge in [0, 0.05) is 62.1 Å². The van der Waals surface area contributed by atoms with E-state index in [1.807, 2.05) is 0 Å². The van der Waals surface area contributed by atoms with E-state index in [0.29, 0.717) is 40.6 Å². The van der Waals surface area contributed by atoms with Crippen LogP contribution in [0.3, 0.4) is 0 Å². The quantitative estimate of drug-likeness (QED) is 0.0127. The van der Waals surface area contributed by atoms with E-state index in [2.05, 4.69) is 68.1 Å². The number of nitrogens with two attached hydrogens (primary N) is 2. The fourth-order valence-electron chi connectivity index (χ4n) is 10.7. The van der Waals surface area contributed by atoms with Crippen LogP contribution < -0.4 is 64.6 Å². The van der Waals surface area contributed by atoms with Gasteiger partial charge in [-0.2, -0.15) is 0 Å². The number of aliphatic carboxylic acids is 1. The summed E-state index contributed by atoms with van der Waals surface area (Å²) in [6.07, 6.45) is 5.69. The van der Waals surface area contributed by atoms with Crippen LogP contribution in [0, 0.1) is 11.3 Å². The van der Waals surface area contributed by atoms with E-state index < -0.39 is 126 Å². The number of unbranched alkanes of at least 4 members (excludes halogenated alkanes) is 1. The van der Waals surface area contributed by atoms with Gasteiger partial charge >= 0.3 is 5.97 Å². The number of carboxylic acid groups (broad SMARTS) is 1. The molecule has 2 fully saturated rings. The van der Waals surface area contributed by atoms with Crippen molar-refractivity contribution in [2.45, 2.75) is 165 Å². The summed E-state index contributed by atoms with van der Waals surface area (Å²) in [5.41, 5.74) is 13.4. The molecular formula is C60H85N17O14. The second-order valence-electron chi connectivity index (χ2n) is 23.1. The Morgan fingerprint density at radius 2 is 1.31 bits per heavy atom. The number of aliphatic hydroxyl groups is 1. The molecule has 91 heavy (non-hydrogen) atoms. The Kier molecular flexibility index (Phi) is 26.6. The Balaban J connectivity index is 1.23. The maximum absolute atomic E-state index is 14.7. The first-order valence-corrected chi connectivity index (χ1v) is 30.4. The van der Waals surface area contributed by atoms with Crippen LogP contribution in [0.1, 0.15) is 102 Å². The van der Waals surface area contributed by atoms with Crippen molar-refractivity contribution in [2.24, 2.45) is 17.4 Å². The summed E-state index contributed by atoms with van der Waals surface area (Å²) in [6, 6.07) is -0.603. The summed E-state index contributed by atoms with van der Waals surface area (Å²) in [7, 11) is 0. The lowest BCUT2D eigenvalue weighted by Crippen LogP contribution is -2.61. The number of H-pyrrole nitrogens is 2. The van der Waals surface area contributed by atoms with Gasteiger partial charge in [0.25, 0.3) is 0 Å². The van der Waals surface area contributed by atoms with Gasteiger partial charge in [0.1, 0.15) is 66.2 Å². The minimum Gasteiger partial charge on any atom is -0.508 e. The Labute approximate surface area is 524 Å². The summed E-state index contributed by atoms with van der Waals surface area (Å²) in [5.74, 6) is -9.74. The average molecular weight is 1270 g/mol. The smallest absolute Gasteiger partial charge is 0.325 e. The molecule has 0 aliphatic carbocycles. The average Bonchev–Trinajstić information content (AvgIpc) is 2.82. The predicted octanol–water partition coefficient (Wildman–Crippen LogP) is -2.69. The van der Waals surface area contributed by atoms with Crippen molar-refractivity contribution in [2.75, 3.05) is 26.2 Å². The number of phenolic OH excluding ortho intramolecular Hbond substituents is 1. The van der Waals surface area contributed by atoms with E-state index >= 15 is 0 Å². The van der Waals surface area contributed by atoms with Crippen LogP contribution in [0.15, 0.2) is 67.3 Å². The number of para-hydroxylation sites is 1. The number of rotatable bonds is 35. The molecule has 0 bridgehead atoms. The minimum atomic E-state index is -1.79. The van der Waals surface area contributed by atoms with E-state index in [1.165, 1.54) is 48.6 Å². The van der Waals surface area contributed by atoms with Crippen molar-refractivity contribution in [3.8, 4) is 5.75 Å². The van der Waals surface area contributed by atoms with Gasteiger partial charge in [0.15, 0.2) is 5.96 Å². The fourth-order valence-corrected chi connectivity index (χ4v) is 10.7. The lowest BCUT2D eigenvalue weighted by atomic mass is 10.00. The second kappa shape index (κ2) is 34.4. The van der Waals surface area contributed by atoms with Crippen LogP contribution in [-0.2, 0) is 72.0 Å². The molecule has 4 heterocycles. The van der Waals surface area contributed by atoms with Gasteiger partial charge in [-0.25, -0.2) is 4.98 Å². The van der Waals surface area contributed by atoms with Gasteiger partial charge in [-0.05, 0) is 106 Å². The Bertz CT molecular complexity index is 3190. The summed E-state index contributed by atoms with van der Waals surface area (Å²) >= 11 is 0. The monoisotopic (exact) mass is 1270 g/mol. The van der Waals surface area contributed by atoms with Crippen LogP contribution in [0.25, 0.3) is 10.9 Å². The van der Waals surface area contributed by atoms with E-state index in [4.69, 9.17) is 16.9 Å².